The summed E-state index contributed by atoms with van der Waals surface area (Å²) in [5.41, 5.74) is -0.361. The van der Waals surface area contributed by atoms with Crippen LogP contribution in [0.3, 0.4) is 0 Å². The number of benzene rings is 1. The van der Waals surface area contributed by atoms with Crippen LogP contribution in [0.25, 0.3) is 0 Å². The number of halogens is 3. The molecule has 0 aliphatic carbocycles. The zero-order valence-electron chi connectivity index (χ0n) is 9.18. The summed E-state index contributed by atoms with van der Waals surface area (Å²) in [6, 6.07) is 4.36. The Morgan fingerprint density at radius 3 is 2.29 bits per heavy atom. The molecule has 0 atom stereocenters. The highest BCUT2D eigenvalue weighted by atomic mass is 19.4. The highest BCUT2D eigenvalue weighted by Gasteiger charge is 2.29. The van der Waals surface area contributed by atoms with Crippen LogP contribution in [0, 0.1) is 6.92 Å². The summed E-state index contributed by atoms with van der Waals surface area (Å²) in [5, 5.41) is 2.52. The molecule has 93 valence electrons. The van der Waals surface area contributed by atoms with Gasteiger partial charge in [-0.1, -0.05) is 13.3 Å². The quantitative estimate of drug-likeness (QED) is 0.860. The minimum atomic E-state index is -4.35. The molecule has 5 heteroatoms. The van der Waals surface area contributed by atoms with E-state index in [9.17, 15) is 18.0 Å². The van der Waals surface area contributed by atoms with Gasteiger partial charge in [-0.05, 0) is 30.7 Å². The van der Waals surface area contributed by atoms with Gasteiger partial charge in [-0.25, -0.2) is 0 Å². The van der Waals surface area contributed by atoms with E-state index in [1.807, 2.05) is 0 Å². The maximum Gasteiger partial charge on any atom is 0.416 e. The van der Waals surface area contributed by atoms with Crippen molar-refractivity contribution in [2.24, 2.45) is 0 Å². The van der Waals surface area contributed by atoms with E-state index in [1.165, 1.54) is 12.1 Å². The maximum atomic E-state index is 12.3. The van der Waals surface area contributed by atoms with Crippen molar-refractivity contribution < 1.29 is 18.0 Å². The van der Waals surface area contributed by atoms with Gasteiger partial charge in [0, 0.05) is 12.1 Å². The van der Waals surface area contributed by atoms with Crippen molar-refractivity contribution in [2.45, 2.75) is 25.4 Å². The number of unbranched alkanes of at least 4 members (excludes halogenated alkanes) is 1. The van der Waals surface area contributed by atoms with Gasteiger partial charge in [0.05, 0.1) is 5.56 Å². The molecule has 0 unspecified atom stereocenters. The Labute approximate surface area is 97.8 Å². The topological polar surface area (TPSA) is 29.1 Å². The summed E-state index contributed by atoms with van der Waals surface area (Å²) >= 11 is 0. The Morgan fingerprint density at radius 1 is 1.24 bits per heavy atom. The number of carbonyl (C=O) groups is 1. The van der Waals surface area contributed by atoms with Crippen LogP contribution in [0.2, 0.25) is 0 Å². The second kappa shape index (κ2) is 5.70. The Kier molecular flexibility index (Phi) is 4.54. The second-order valence-electron chi connectivity index (χ2n) is 3.58. The maximum absolute atomic E-state index is 12.3. The molecular formula is C12H13F3NO. The molecule has 1 N–H and O–H groups in total. The molecule has 0 heterocycles. The third-order valence-electron chi connectivity index (χ3n) is 2.15. The third kappa shape index (κ3) is 4.46. The van der Waals surface area contributed by atoms with Gasteiger partial charge in [0.1, 0.15) is 0 Å². The van der Waals surface area contributed by atoms with E-state index in [1.54, 1.807) is 0 Å². The SMILES string of the molecule is [CH2]CCCC(=O)Nc1ccc(C(F)(F)F)cc1. The Hall–Kier alpha value is -1.52. The van der Waals surface area contributed by atoms with Crippen LogP contribution >= 0.6 is 0 Å². The van der Waals surface area contributed by atoms with Gasteiger partial charge >= 0.3 is 6.18 Å². The van der Waals surface area contributed by atoms with Crippen molar-refractivity contribution in [3.05, 3.63) is 36.8 Å². The molecule has 1 rings (SSSR count). The molecule has 1 radical (unpaired) electrons. The zero-order valence-corrected chi connectivity index (χ0v) is 9.18. The van der Waals surface area contributed by atoms with E-state index in [4.69, 9.17) is 0 Å². The lowest BCUT2D eigenvalue weighted by atomic mass is 10.2. The summed E-state index contributed by atoms with van der Waals surface area (Å²) in [6.45, 7) is 3.60. The number of hydrogen-bond acceptors (Lipinski definition) is 1. The first kappa shape index (κ1) is 13.5. The largest absolute Gasteiger partial charge is 0.416 e. The predicted molar refractivity (Wildman–Crippen MR) is 59.3 cm³/mol. The van der Waals surface area contributed by atoms with Crippen LogP contribution in [0.1, 0.15) is 24.8 Å². The number of hydrogen-bond donors (Lipinski definition) is 1. The van der Waals surface area contributed by atoms with Crippen LogP contribution in [-0.4, -0.2) is 5.91 Å². The average molecular weight is 244 g/mol. The minimum absolute atomic E-state index is 0.214. The molecule has 0 fully saturated rings. The lowest BCUT2D eigenvalue weighted by molar-refractivity contribution is -0.137. The molecule has 1 aromatic carbocycles. The van der Waals surface area contributed by atoms with Crippen LogP contribution < -0.4 is 5.32 Å². The molecule has 17 heavy (non-hydrogen) atoms. The van der Waals surface area contributed by atoms with E-state index in [2.05, 4.69) is 12.2 Å². The van der Waals surface area contributed by atoms with Crippen LogP contribution in [0.5, 0.6) is 0 Å². The van der Waals surface area contributed by atoms with E-state index < -0.39 is 11.7 Å². The van der Waals surface area contributed by atoms with E-state index in [-0.39, 0.29) is 5.91 Å². The number of nitrogens with one attached hydrogen (secondary N) is 1. The lowest BCUT2D eigenvalue weighted by Gasteiger charge is -2.08. The first-order valence-corrected chi connectivity index (χ1v) is 5.20. The van der Waals surface area contributed by atoms with Crippen molar-refractivity contribution in [2.75, 3.05) is 5.32 Å². The zero-order chi connectivity index (χ0) is 12.9. The van der Waals surface area contributed by atoms with Gasteiger partial charge in [0.25, 0.3) is 0 Å². The molecule has 0 bridgehead atoms. The van der Waals surface area contributed by atoms with Crippen molar-refractivity contribution in [1.29, 1.82) is 0 Å². The van der Waals surface area contributed by atoms with Gasteiger partial charge in [0.2, 0.25) is 5.91 Å². The molecule has 0 aliphatic rings. The summed E-state index contributed by atoms with van der Waals surface area (Å²) < 4.78 is 36.8. The van der Waals surface area contributed by atoms with Crippen LogP contribution in [0.15, 0.2) is 24.3 Å². The number of rotatable bonds is 4. The number of carbonyl (C=O) groups excluding carboxylic acids is 1. The van der Waals surface area contributed by atoms with Crippen molar-refractivity contribution >= 4 is 11.6 Å². The summed E-state index contributed by atoms with van der Waals surface area (Å²) in [4.78, 5) is 11.3. The fourth-order valence-corrected chi connectivity index (χ4v) is 1.25. The minimum Gasteiger partial charge on any atom is -0.326 e. The Balaban J connectivity index is 2.60. The van der Waals surface area contributed by atoms with Crippen molar-refractivity contribution in [3.8, 4) is 0 Å². The summed E-state index contributed by atoms with van der Waals surface area (Å²) in [5.74, 6) is -0.214. The average Bonchev–Trinajstić information content (AvgIpc) is 2.26. The van der Waals surface area contributed by atoms with E-state index in [0.717, 1.165) is 12.1 Å². The number of anilines is 1. The normalized spacial score (nSPS) is 11.3. The summed E-state index contributed by atoms with van der Waals surface area (Å²) in [6.07, 6.45) is -2.71. The van der Waals surface area contributed by atoms with Crippen LogP contribution in [-0.2, 0) is 11.0 Å². The van der Waals surface area contributed by atoms with Crippen molar-refractivity contribution in [3.63, 3.8) is 0 Å². The Bertz CT molecular complexity index is 370. The first-order chi connectivity index (χ1) is 7.93. The van der Waals surface area contributed by atoms with E-state index >= 15 is 0 Å². The molecule has 1 aromatic rings. The third-order valence-corrected chi connectivity index (χ3v) is 2.15. The molecule has 0 spiro atoms. The Morgan fingerprint density at radius 2 is 1.82 bits per heavy atom. The lowest BCUT2D eigenvalue weighted by Crippen LogP contribution is -2.11. The molecular weight excluding hydrogens is 231 g/mol. The fourth-order valence-electron chi connectivity index (χ4n) is 1.25. The first-order valence-electron chi connectivity index (χ1n) is 5.20. The summed E-state index contributed by atoms with van der Waals surface area (Å²) in [7, 11) is 0. The molecule has 1 amide bonds. The molecule has 0 aromatic heterocycles. The second-order valence-corrected chi connectivity index (χ2v) is 3.58. The van der Waals surface area contributed by atoms with E-state index in [0.29, 0.717) is 24.9 Å². The highest BCUT2D eigenvalue weighted by Crippen LogP contribution is 2.29. The standard InChI is InChI=1S/C12H13F3NO/c1-2-3-4-11(17)16-10-7-5-9(6-8-10)12(13,14)15/h5-8H,1-4H2,(H,16,17). The van der Waals surface area contributed by atoms with Crippen molar-refractivity contribution in [1.82, 2.24) is 0 Å². The molecule has 0 aliphatic heterocycles. The van der Waals surface area contributed by atoms with Gasteiger partial charge < -0.3 is 5.32 Å². The molecule has 0 saturated carbocycles. The molecule has 0 saturated heterocycles. The fraction of sp³-hybridized carbons (Fsp3) is 0.333. The monoisotopic (exact) mass is 244 g/mol. The number of alkyl halides is 3. The molecule has 2 nitrogen and oxygen atoms in total. The predicted octanol–water partition coefficient (Wildman–Crippen LogP) is 3.65. The van der Waals surface area contributed by atoms with Gasteiger partial charge in [-0.2, -0.15) is 13.2 Å². The van der Waals surface area contributed by atoms with Gasteiger partial charge in [-0.15, -0.1) is 0 Å². The highest BCUT2D eigenvalue weighted by molar-refractivity contribution is 5.90. The number of amides is 1. The van der Waals surface area contributed by atoms with Crippen LogP contribution in [0.4, 0.5) is 18.9 Å². The smallest absolute Gasteiger partial charge is 0.326 e. The van der Waals surface area contributed by atoms with Gasteiger partial charge in [-0.3, -0.25) is 4.79 Å². The van der Waals surface area contributed by atoms with Gasteiger partial charge in [0.15, 0.2) is 0 Å².